The molecule has 5 aliphatic heterocycles. The lowest BCUT2D eigenvalue weighted by Gasteiger charge is -2.48. The summed E-state index contributed by atoms with van der Waals surface area (Å²) in [5, 5.41) is 2.16. The molecule has 4 fully saturated rings. The van der Waals surface area contributed by atoms with Gasteiger partial charge in [-0.2, -0.15) is 4.31 Å². The van der Waals surface area contributed by atoms with Crippen molar-refractivity contribution in [2.24, 2.45) is 4.99 Å². The molecule has 5 heterocycles. The van der Waals surface area contributed by atoms with Gasteiger partial charge in [-0.25, -0.2) is 13.2 Å². The zero-order valence-electron chi connectivity index (χ0n) is 22.6. The maximum absolute atomic E-state index is 14.0. The minimum atomic E-state index is -4.01. The van der Waals surface area contributed by atoms with Crippen molar-refractivity contribution >= 4 is 50.2 Å². The molecule has 0 aliphatic carbocycles. The number of piperidine rings is 1. The maximum atomic E-state index is 14.0. The molecule has 0 aromatic heterocycles. The number of amidine groups is 1. The maximum Gasteiger partial charge on any atom is 0.322 e. The van der Waals surface area contributed by atoms with Gasteiger partial charge in [-0.3, -0.25) is 14.7 Å². The number of sulfonamides is 1. The van der Waals surface area contributed by atoms with Gasteiger partial charge in [0, 0.05) is 44.7 Å². The van der Waals surface area contributed by atoms with Crippen LogP contribution < -0.4 is 0 Å². The Morgan fingerprint density at radius 2 is 1.70 bits per heavy atom. The highest BCUT2D eigenvalue weighted by Crippen LogP contribution is 2.50. The molecule has 40 heavy (non-hydrogen) atoms. The molecule has 5 aliphatic rings. The number of urea groups is 1. The lowest BCUT2D eigenvalue weighted by atomic mass is 9.86. The standard InChI is InChI=1S/C28H33ClN6O4S/c1-31-18-28-19-33(40(38,39)23-8-6-20-14-22(29)7-5-21(20)15-23)16-25(36)34(28)17-27(35(28)26(31)37)9-12-32(13-10-27)24-4-2-3-11-30-24/h5-8,14-15H,2-4,9-13,16-19H2,1H3. The van der Waals surface area contributed by atoms with Crippen LogP contribution in [0.25, 0.3) is 10.8 Å². The predicted molar refractivity (Wildman–Crippen MR) is 152 cm³/mol. The van der Waals surface area contributed by atoms with Gasteiger partial charge < -0.3 is 14.7 Å². The molecule has 2 aromatic carbocycles. The third kappa shape index (κ3) is 3.77. The largest absolute Gasteiger partial charge is 0.360 e. The molecular formula is C28H33ClN6O4S. The minimum absolute atomic E-state index is 0.0496. The molecule has 2 aromatic rings. The zero-order valence-corrected chi connectivity index (χ0v) is 24.1. The van der Waals surface area contributed by atoms with E-state index in [-0.39, 0.29) is 36.5 Å². The molecule has 10 nitrogen and oxygen atoms in total. The Balaban J connectivity index is 1.21. The van der Waals surface area contributed by atoms with Gasteiger partial charge in [0.2, 0.25) is 15.9 Å². The van der Waals surface area contributed by atoms with Crippen LogP contribution in [-0.2, 0) is 14.8 Å². The molecule has 4 saturated heterocycles. The van der Waals surface area contributed by atoms with Crippen molar-refractivity contribution in [2.45, 2.75) is 48.2 Å². The molecule has 212 valence electrons. The van der Waals surface area contributed by atoms with E-state index < -0.39 is 21.2 Å². The first-order chi connectivity index (χ1) is 19.1. The van der Waals surface area contributed by atoms with Gasteiger partial charge in [0.15, 0.2) is 5.66 Å². The number of rotatable bonds is 2. The molecule has 1 atom stereocenters. The van der Waals surface area contributed by atoms with Crippen molar-refractivity contribution in [3.63, 3.8) is 0 Å². The number of carbonyl (C=O) groups is 2. The third-order valence-corrected chi connectivity index (χ3v) is 11.5. The number of carbonyl (C=O) groups excluding carboxylic acids is 2. The topological polar surface area (TPSA) is 96.8 Å². The molecule has 12 heteroatoms. The number of nitrogens with zero attached hydrogens (tertiary/aromatic N) is 6. The summed E-state index contributed by atoms with van der Waals surface area (Å²) in [6, 6.07) is 10.1. The zero-order chi connectivity index (χ0) is 27.9. The second-order valence-electron chi connectivity index (χ2n) is 11.8. The third-order valence-electron chi connectivity index (χ3n) is 9.47. The van der Waals surface area contributed by atoms with Gasteiger partial charge in [-0.15, -0.1) is 0 Å². The molecule has 0 saturated carbocycles. The van der Waals surface area contributed by atoms with E-state index >= 15 is 0 Å². The van der Waals surface area contributed by atoms with Crippen molar-refractivity contribution in [3.05, 3.63) is 41.4 Å². The van der Waals surface area contributed by atoms with E-state index in [9.17, 15) is 18.0 Å². The first-order valence-corrected chi connectivity index (χ1v) is 15.8. The Morgan fingerprint density at radius 1 is 0.950 bits per heavy atom. The minimum Gasteiger partial charge on any atom is -0.360 e. The number of amides is 3. The second kappa shape index (κ2) is 9.06. The number of likely N-dealkylation sites (N-methyl/N-ethyl adjacent to an activating group) is 1. The molecule has 7 rings (SSSR count). The molecule has 2 spiro atoms. The number of aliphatic imine (C=N–C) groups is 1. The van der Waals surface area contributed by atoms with Crippen LogP contribution in [0.1, 0.15) is 32.1 Å². The molecule has 3 amide bonds. The summed E-state index contributed by atoms with van der Waals surface area (Å²) in [7, 11) is -2.27. The predicted octanol–water partition coefficient (Wildman–Crippen LogP) is 2.82. The monoisotopic (exact) mass is 584 g/mol. The van der Waals surface area contributed by atoms with Gasteiger partial charge in [-0.1, -0.05) is 23.7 Å². The van der Waals surface area contributed by atoms with Crippen LogP contribution in [0.3, 0.4) is 0 Å². The summed E-state index contributed by atoms with van der Waals surface area (Å²) in [5.74, 6) is 0.897. The first-order valence-electron chi connectivity index (χ1n) is 14.0. The van der Waals surface area contributed by atoms with E-state index in [0.29, 0.717) is 11.6 Å². The van der Waals surface area contributed by atoms with Crippen molar-refractivity contribution in [2.75, 3.05) is 52.9 Å². The SMILES string of the molecule is CN1CC23CN(S(=O)(=O)c4ccc5cc(Cl)ccc5c4)CC(=O)N2CC2(CCN(C4=NCCCC4)CC2)N3C1=O. The van der Waals surface area contributed by atoms with Crippen LogP contribution >= 0.6 is 11.6 Å². The van der Waals surface area contributed by atoms with Crippen LogP contribution in [0.2, 0.25) is 5.02 Å². The lowest BCUT2D eigenvalue weighted by Crippen LogP contribution is -2.68. The Labute approximate surface area is 239 Å². The summed E-state index contributed by atoms with van der Waals surface area (Å²) in [6.07, 6.45) is 4.70. The highest BCUT2D eigenvalue weighted by atomic mass is 35.5. The van der Waals surface area contributed by atoms with Crippen molar-refractivity contribution in [3.8, 4) is 0 Å². The van der Waals surface area contributed by atoms with Crippen LogP contribution in [0.5, 0.6) is 0 Å². The van der Waals surface area contributed by atoms with Gasteiger partial charge in [0.1, 0.15) is 0 Å². The molecule has 0 radical (unpaired) electrons. The first kappa shape index (κ1) is 26.0. The van der Waals surface area contributed by atoms with Gasteiger partial charge in [0.05, 0.1) is 35.9 Å². The summed E-state index contributed by atoms with van der Waals surface area (Å²) >= 11 is 6.11. The second-order valence-corrected chi connectivity index (χ2v) is 14.2. The average molecular weight is 585 g/mol. The number of hydrogen-bond acceptors (Lipinski definition) is 6. The smallest absolute Gasteiger partial charge is 0.322 e. The molecule has 0 N–H and O–H groups in total. The highest BCUT2D eigenvalue weighted by molar-refractivity contribution is 7.89. The van der Waals surface area contributed by atoms with Gasteiger partial charge in [0.25, 0.3) is 0 Å². The number of piperazine rings is 1. The average Bonchev–Trinajstić information content (AvgIpc) is 3.37. The Kier molecular flexibility index (Phi) is 5.89. The number of likely N-dealkylation sites (tertiary alicyclic amines) is 1. The summed E-state index contributed by atoms with van der Waals surface area (Å²) in [6.45, 7) is 2.93. The Bertz CT molecular complexity index is 1560. The fourth-order valence-electron chi connectivity index (χ4n) is 7.51. The van der Waals surface area contributed by atoms with E-state index in [0.717, 1.165) is 68.3 Å². The molecule has 0 bridgehead atoms. The summed E-state index contributed by atoms with van der Waals surface area (Å²) in [5.41, 5.74) is -1.55. The van der Waals surface area contributed by atoms with E-state index in [1.54, 1.807) is 53.2 Å². The van der Waals surface area contributed by atoms with Gasteiger partial charge in [-0.05, 0) is 60.7 Å². The fraction of sp³-hybridized carbons (Fsp3) is 0.536. The van der Waals surface area contributed by atoms with E-state index in [4.69, 9.17) is 16.6 Å². The van der Waals surface area contributed by atoms with E-state index in [1.165, 1.54) is 4.31 Å². The van der Waals surface area contributed by atoms with Crippen LogP contribution in [-0.4, -0.2) is 114 Å². The number of fused-ring (bicyclic) bond motifs is 2. The van der Waals surface area contributed by atoms with Crippen molar-refractivity contribution in [1.29, 1.82) is 0 Å². The summed E-state index contributed by atoms with van der Waals surface area (Å²) in [4.78, 5) is 39.9. The van der Waals surface area contributed by atoms with E-state index in [2.05, 4.69) is 4.90 Å². The molecule has 1 unspecified atom stereocenters. The normalized spacial score (nSPS) is 27.0. The van der Waals surface area contributed by atoms with Crippen LogP contribution in [0, 0.1) is 0 Å². The Morgan fingerprint density at radius 3 is 2.45 bits per heavy atom. The van der Waals surface area contributed by atoms with Gasteiger partial charge >= 0.3 is 6.03 Å². The van der Waals surface area contributed by atoms with Crippen molar-refractivity contribution < 1.29 is 18.0 Å². The number of halogens is 1. The van der Waals surface area contributed by atoms with Crippen LogP contribution in [0.15, 0.2) is 46.3 Å². The highest BCUT2D eigenvalue weighted by Gasteiger charge is 2.69. The van der Waals surface area contributed by atoms with Crippen LogP contribution in [0.4, 0.5) is 4.79 Å². The van der Waals surface area contributed by atoms with E-state index in [1.807, 2.05) is 4.90 Å². The number of benzene rings is 2. The molecular weight excluding hydrogens is 552 g/mol. The van der Waals surface area contributed by atoms with Crippen molar-refractivity contribution in [1.82, 2.24) is 23.9 Å². The lowest BCUT2D eigenvalue weighted by molar-refractivity contribution is -0.143. The number of hydrogen-bond donors (Lipinski definition) is 0. The Hall–Kier alpha value is -2.89. The fourth-order valence-corrected chi connectivity index (χ4v) is 9.16. The summed E-state index contributed by atoms with van der Waals surface area (Å²) < 4.78 is 29.2. The quantitative estimate of drug-likeness (QED) is 0.541.